The molecule has 7 heteroatoms. The molecule has 2 aromatic carbocycles. The van der Waals surface area contributed by atoms with Gasteiger partial charge in [-0.1, -0.05) is 55.5 Å². The molecule has 1 radical (unpaired) electrons. The van der Waals surface area contributed by atoms with E-state index in [-0.39, 0.29) is 31.6 Å². The van der Waals surface area contributed by atoms with E-state index >= 15 is 0 Å². The van der Waals surface area contributed by atoms with Crippen molar-refractivity contribution >= 4 is 51.8 Å². The third-order valence-corrected chi connectivity index (χ3v) is 7.57. The van der Waals surface area contributed by atoms with Gasteiger partial charge in [-0.05, 0) is 35.9 Å². The van der Waals surface area contributed by atoms with E-state index in [1.807, 2.05) is 24.4 Å². The molecule has 3 aromatic heterocycles. The van der Waals surface area contributed by atoms with E-state index in [1.165, 1.54) is 35.9 Å². The van der Waals surface area contributed by atoms with Crippen LogP contribution in [0.1, 0.15) is 13.8 Å². The first-order valence-electron chi connectivity index (χ1n) is 11.2. The van der Waals surface area contributed by atoms with Gasteiger partial charge in [0.25, 0.3) is 0 Å². The standard InChI is InChI=1S/C23H20N3Si.C5H8O2.Ir/c1-27(2,3)21-15-25-23(19-11-5-4-10-17(19)21)26-20-13-7-6-9-16(20)18-12-8-14-24-22(18)26;1-4(6)3-5(2)7;/h4-12,14-15H,1-3H3;3,6H,1-2H3;/q-1;;/b;4-3-;. The average molecular weight is 659 g/mol. The zero-order valence-electron chi connectivity index (χ0n) is 20.5. The van der Waals surface area contributed by atoms with Crippen molar-refractivity contribution < 1.29 is 30.0 Å². The Morgan fingerprint density at radius 3 is 2.23 bits per heavy atom. The van der Waals surface area contributed by atoms with Gasteiger partial charge in [0.05, 0.1) is 13.8 Å². The molecule has 181 valence electrons. The van der Waals surface area contributed by atoms with Crippen LogP contribution < -0.4 is 5.19 Å². The molecule has 0 bridgehead atoms. The maximum Gasteiger partial charge on any atom is 0.155 e. The van der Waals surface area contributed by atoms with Crippen LogP contribution in [0.2, 0.25) is 19.6 Å². The number of benzene rings is 2. The molecule has 0 aliphatic heterocycles. The Balaban J connectivity index is 0.000000378. The molecule has 0 atom stereocenters. The molecule has 0 fully saturated rings. The number of fused-ring (bicyclic) bond motifs is 4. The second-order valence-corrected chi connectivity index (χ2v) is 14.4. The first kappa shape index (κ1) is 26.5. The number of hydrogen-bond donors (Lipinski definition) is 1. The summed E-state index contributed by atoms with van der Waals surface area (Å²) >= 11 is 0. The molecule has 0 unspecified atom stereocenters. The largest absolute Gasteiger partial charge is 0.512 e. The molecule has 0 aliphatic carbocycles. The predicted octanol–water partition coefficient (Wildman–Crippen LogP) is 6.11. The van der Waals surface area contributed by atoms with Crippen LogP contribution in [0.25, 0.3) is 38.5 Å². The number of para-hydroxylation sites is 1. The van der Waals surface area contributed by atoms with Gasteiger partial charge >= 0.3 is 0 Å². The predicted molar refractivity (Wildman–Crippen MR) is 143 cm³/mol. The number of allylic oxidation sites excluding steroid dienone is 2. The van der Waals surface area contributed by atoms with Gasteiger partial charge in [-0.15, -0.1) is 5.39 Å². The van der Waals surface area contributed by atoms with Crippen molar-refractivity contribution in [3.05, 3.63) is 84.9 Å². The Morgan fingerprint density at radius 2 is 1.60 bits per heavy atom. The van der Waals surface area contributed by atoms with Crippen LogP contribution >= 0.6 is 0 Å². The number of aromatic nitrogens is 3. The summed E-state index contributed by atoms with van der Waals surface area (Å²) in [7, 11) is -1.51. The molecule has 5 nitrogen and oxygen atoms in total. The summed E-state index contributed by atoms with van der Waals surface area (Å²) in [6.45, 7) is 9.95. The van der Waals surface area contributed by atoms with Crippen LogP contribution in [0.5, 0.6) is 0 Å². The Kier molecular flexibility index (Phi) is 8.06. The fraction of sp³-hybridized carbons (Fsp3) is 0.179. The van der Waals surface area contributed by atoms with Gasteiger partial charge in [-0.2, -0.15) is 24.3 Å². The molecule has 0 amide bonds. The first-order chi connectivity index (χ1) is 16.2. The minimum atomic E-state index is -1.51. The fourth-order valence-electron chi connectivity index (χ4n) is 4.18. The minimum absolute atomic E-state index is 0. The number of nitrogens with zero attached hydrogens (tertiary/aromatic N) is 3. The summed E-state index contributed by atoms with van der Waals surface area (Å²) in [6, 6.07) is 22.2. The van der Waals surface area contributed by atoms with E-state index in [0.29, 0.717) is 0 Å². The average Bonchev–Trinajstić information content (AvgIpc) is 3.11. The van der Waals surface area contributed by atoms with Gasteiger partial charge in [0.2, 0.25) is 0 Å². The molecule has 0 saturated carbocycles. The Hall–Kier alpha value is -3.12. The number of pyridine rings is 2. The molecule has 1 N–H and O–H groups in total. The third kappa shape index (κ3) is 5.43. The van der Waals surface area contributed by atoms with E-state index in [0.717, 1.165) is 27.8 Å². The van der Waals surface area contributed by atoms with Crippen molar-refractivity contribution in [3.8, 4) is 5.82 Å². The zero-order chi connectivity index (χ0) is 24.5. The third-order valence-electron chi connectivity index (χ3n) is 5.55. The molecule has 5 rings (SSSR count). The summed E-state index contributed by atoms with van der Waals surface area (Å²) in [5, 5.41) is 14.5. The summed E-state index contributed by atoms with van der Waals surface area (Å²) in [5.74, 6) is 0.862. The number of carbonyl (C=O) groups is 1. The second-order valence-electron chi connectivity index (χ2n) is 9.33. The number of rotatable bonds is 3. The van der Waals surface area contributed by atoms with Crippen LogP contribution in [-0.4, -0.2) is 33.5 Å². The van der Waals surface area contributed by atoms with E-state index in [2.05, 4.69) is 77.9 Å². The van der Waals surface area contributed by atoms with Crippen LogP contribution in [0, 0.1) is 6.07 Å². The van der Waals surface area contributed by atoms with E-state index < -0.39 is 8.07 Å². The topological polar surface area (TPSA) is 68.0 Å². The molecular formula is C28H28IrN3O2Si-. The van der Waals surface area contributed by atoms with Gasteiger partial charge in [0.15, 0.2) is 5.78 Å². The van der Waals surface area contributed by atoms with Crippen molar-refractivity contribution in [2.75, 3.05) is 0 Å². The summed E-state index contributed by atoms with van der Waals surface area (Å²) in [6.07, 6.45) is 5.09. The van der Waals surface area contributed by atoms with Crippen molar-refractivity contribution in [1.29, 1.82) is 0 Å². The second kappa shape index (κ2) is 10.6. The number of ketones is 1. The summed E-state index contributed by atoms with van der Waals surface area (Å²) in [4.78, 5) is 19.7. The maximum atomic E-state index is 10.0. The van der Waals surface area contributed by atoms with Gasteiger partial charge in [0.1, 0.15) is 11.5 Å². The summed E-state index contributed by atoms with van der Waals surface area (Å²) in [5.41, 5.74) is 1.94. The number of hydrogen-bond acceptors (Lipinski definition) is 4. The quantitative estimate of drug-likeness (QED) is 0.110. The van der Waals surface area contributed by atoms with Crippen molar-refractivity contribution in [3.63, 3.8) is 0 Å². The summed E-state index contributed by atoms with van der Waals surface area (Å²) < 4.78 is 2.15. The molecule has 5 aromatic rings. The SMILES string of the molecule is CC(=O)/C=C(/C)O.C[Si](C)(C)c1cnc(-n2c3[c-]cccc3c3cccnc32)c2ccccc12.[Ir]. The van der Waals surface area contributed by atoms with Crippen molar-refractivity contribution in [1.82, 2.24) is 14.5 Å². The van der Waals surface area contributed by atoms with Crippen LogP contribution in [0.4, 0.5) is 0 Å². The van der Waals surface area contributed by atoms with E-state index in [4.69, 9.17) is 10.1 Å². The minimum Gasteiger partial charge on any atom is -0.512 e. The molecule has 0 saturated heterocycles. The number of aliphatic hydroxyl groups is 1. The van der Waals surface area contributed by atoms with E-state index in [1.54, 1.807) is 0 Å². The van der Waals surface area contributed by atoms with Gasteiger partial charge < -0.3 is 9.67 Å². The van der Waals surface area contributed by atoms with Gasteiger partial charge in [-0.3, -0.25) is 4.79 Å². The Labute approximate surface area is 219 Å². The molecule has 0 aliphatic rings. The van der Waals surface area contributed by atoms with Crippen molar-refractivity contribution in [2.24, 2.45) is 0 Å². The first-order valence-corrected chi connectivity index (χ1v) is 14.7. The zero-order valence-corrected chi connectivity index (χ0v) is 23.9. The van der Waals surface area contributed by atoms with Crippen molar-refractivity contribution in [2.45, 2.75) is 33.5 Å². The van der Waals surface area contributed by atoms with Gasteiger partial charge in [-0.25, -0.2) is 9.97 Å². The maximum absolute atomic E-state index is 10.0. The fourth-order valence-corrected chi connectivity index (χ4v) is 5.65. The monoisotopic (exact) mass is 659 g/mol. The van der Waals surface area contributed by atoms with E-state index in [9.17, 15) is 4.79 Å². The molecule has 35 heavy (non-hydrogen) atoms. The Bertz CT molecular complexity index is 1490. The van der Waals surface area contributed by atoms with Crippen LogP contribution in [0.15, 0.2) is 78.8 Å². The molecule has 0 spiro atoms. The normalized spacial score (nSPS) is 11.7. The van der Waals surface area contributed by atoms with Crippen LogP contribution in [-0.2, 0) is 24.9 Å². The van der Waals surface area contributed by atoms with Gasteiger partial charge in [0, 0.05) is 44.0 Å². The van der Waals surface area contributed by atoms with Crippen LogP contribution in [0.3, 0.4) is 0 Å². The number of carbonyl (C=O) groups excluding carboxylic acids is 1. The Morgan fingerprint density at radius 1 is 0.943 bits per heavy atom. The number of aliphatic hydroxyl groups excluding tert-OH is 1. The smallest absolute Gasteiger partial charge is 0.155 e. The molecular weight excluding hydrogens is 631 g/mol. The molecule has 3 heterocycles.